The van der Waals surface area contributed by atoms with Crippen LogP contribution in [0.1, 0.15) is 70.2 Å². The van der Waals surface area contributed by atoms with E-state index in [1.165, 1.54) is 33.6 Å². The second-order valence-corrected chi connectivity index (χ2v) is 7.64. The first-order chi connectivity index (χ1) is 14.0. The molecule has 0 aliphatic rings. The zero-order valence-electron chi connectivity index (χ0n) is 20.3. The van der Waals surface area contributed by atoms with Crippen LogP contribution in [0.15, 0.2) is 36.4 Å². The van der Waals surface area contributed by atoms with Crippen molar-refractivity contribution in [1.82, 2.24) is 0 Å². The molecule has 0 spiro atoms. The monoisotopic (exact) mass is 462 g/mol. The molecule has 30 heavy (non-hydrogen) atoms. The summed E-state index contributed by atoms with van der Waals surface area (Å²) in [4.78, 5) is 0. The topological polar surface area (TPSA) is 44.3 Å². The summed E-state index contributed by atoms with van der Waals surface area (Å²) in [6.45, 7) is 13.6. The van der Waals surface area contributed by atoms with Gasteiger partial charge in [-0.15, -0.1) is 0 Å². The van der Waals surface area contributed by atoms with Crippen LogP contribution in [0.5, 0.6) is 0 Å². The Morgan fingerprint density at radius 1 is 0.633 bits per heavy atom. The van der Waals surface area contributed by atoms with Gasteiger partial charge in [-0.2, -0.15) is 0 Å². The third-order valence-corrected chi connectivity index (χ3v) is 5.49. The van der Waals surface area contributed by atoms with E-state index < -0.39 is 0 Å². The van der Waals surface area contributed by atoms with E-state index in [0.29, 0.717) is 12.1 Å². The Hall–Kier alpha value is -1.38. The molecule has 3 N–H and O–H groups in total. The predicted octanol–water partition coefficient (Wildman–Crippen LogP) is 6.23. The van der Waals surface area contributed by atoms with Gasteiger partial charge < -0.3 is 15.7 Å². The fourth-order valence-corrected chi connectivity index (χ4v) is 4.00. The normalized spacial score (nSPS) is 12.1. The number of aliphatic hydroxyl groups excluding tert-OH is 1. The molecular formula is C26H42N2OZn. The summed E-state index contributed by atoms with van der Waals surface area (Å²) in [5.74, 6) is 0. The number of rotatable bonds is 10. The van der Waals surface area contributed by atoms with Gasteiger partial charge in [-0.1, -0.05) is 64.1 Å². The Kier molecular flexibility index (Phi) is 14.7. The van der Waals surface area contributed by atoms with Gasteiger partial charge in [0.15, 0.2) is 0 Å². The fourth-order valence-electron chi connectivity index (χ4n) is 4.00. The SMILES string of the molecule is CCc1cccc(CC)c1NC(C)CC(C)Nc1c(CC)cccc1CC.CO.[Zn]. The van der Waals surface area contributed by atoms with Crippen LogP contribution in [0.2, 0.25) is 0 Å². The van der Waals surface area contributed by atoms with Crippen molar-refractivity contribution in [3.05, 3.63) is 58.7 Å². The second kappa shape index (κ2) is 15.4. The molecule has 0 amide bonds. The molecule has 0 saturated carbocycles. The van der Waals surface area contributed by atoms with Gasteiger partial charge in [-0.3, -0.25) is 0 Å². The third kappa shape index (κ3) is 8.04. The number of nitrogens with one attached hydrogen (secondary N) is 2. The minimum absolute atomic E-state index is 0. The maximum Gasteiger partial charge on any atom is 0.0407 e. The first-order valence-electron chi connectivity index (χ1n) is 11.2. The molecule has 0 bridgehead atoms. The van der Waals surface area contributed by atoms with Crippen molar-refractivity contribution in [3.8, 4) is 0 Å². The molecule has 2 unspecified atom stereocenters. The smallest absolute Gasteiger partial charge is 0.0407 e. The maximum absolute atomic E-state index is 7.00. The van der Waals surface area contributed by atoms with E-state index in [4.69, 9.17) is 5.11 Å². The standard InChI is InChI=1S/C25H38N2.CH4O.Zn/c1-7-20-13-11-14-21(8-2)24(20)26-18(5)17-19(6)27-25-22(9-3)15-12-16-23(25)10-4;1-2;/h11-16,18-19,26-27H,7-10,17H2,1-6H3;2H,1H3;. The molecule has 0 radical (unpaired) electrons. The van der Waals surface area contributed by atoms with E-state index in [2.05, 4.69) is 88.6 Å². The average Bonchev–Trinajstić information content (AvgIpc) is 2.75. The van der Waals surface area contributed by atoms with E-state index in [1.807, 2.05) is 0 Å². The van der Waals surface area contributed by atoms with Crippen molar-refractivity contribution in [2.75, 3.05) is 17.7 Å². The van der Waals surface area contributed by atoms with Gasteiger partial charge in [0.25, 0.3) is 0 Å². The summed E-state index contributed by atoms with van der Waals surface area (Å²) in [6.07, 6.45) is 5.37. The van der Waals surface area contributed by atoms with Gasteiger partial charge in [0.05, 0.1) is 0 Å². The molecule has 3 nitrogen and oxygen atoms in total. The molecule has 0 heterocycles. The van der Waals surface area contributed by atoms with Crippen LogP contribution < -0.4 is 10.6 Å². The van der Waals surface area contributed by atoms with E-state index >= 15 is 0 Å². The van der Waals surface area contributed by atoms with Crippen molar-refractivity contribution in [1.29, 1.82) is 0 Å². The first-order valence-corrected chi connectivity index (χ1v) is 11.2. The minimum atomic E-state index is 0. The van der Waals surface area contributed by atoms with Crippen LogP contribution in [-0.4, -0.2) is 24.3 Å². The van der Waals surface area contributed by atoms with E-state index in [1.54, 1.807) is 0 Å². The molecule has 2 aromatic carbocycles. The number of aryl methyl sites for hydroxylation is 4. The molecular weight excluding hydrogens is 422 g/mol. The fraction of sp³-hybridized carbons (Fsp3) is 0.538. The number of para-hydroxylation sites is 2. The molecule has 164 valence electrons. The second-order valence-electron chi connectivity index (χ2n) is 7.64. The van der Waals surface area contributed by atoms with Crippen LogP contribution in [0.25, 0.3) is 0 Å². The van der Waals surface area contributed by atoms with Crippen molar-refractivity contribution in [3.63, 3.8) is 0 Å². The molecule has 2 aromatic rings. The number of hydrogen-bond acceptors (Lipinski definition) is 3. The summed E-state index contributed by atoms with van der Waals surface area (Å²) in [6, 6.07) is 14.2. The molecule has 4 heteroatoms. The Balaban J connectivity index is 0.00000272. The minimum Gasteiger partial charge on any atom is -0.400 e. The molecule has 0 aliphatic heterocycles. The third-order valence-electron chi connectivity index (χ3n) is 5.49. The van der Waals surface area contributed by atoms with Crippen LogP contribution in [0.3, 0.4) is 0 Å². The van der Waals surface area contributed by atoms with Crippen LogP contribution >= 0.6 is 0 Å². The summed E-state index contributed by atoms with van der Waals surface area (Å²) >= 11 is 0. The number of anilines is 2. The molecule has 2 rings (SSSR count). The maximum atomic E-state index is 7.00. The molecule has 0 aliphatic carbocycles. The quantitative estimate of drug-likeness (QED) is 0.366. The largest absolute Gasteiger partial charge is 0.400 e. The first kappa shape index (κ1) is 28.6. The Labute approximate surface area is 197 Å². The zero-order valence-corrected chi connectivity index (χ0v) is 23.3. The van der Waals surface area contributed by atoms with Crippen molar-refractivity contribution >= 4 is 11.4 Å². The van der Waals surface area contributed by atoms with Crippen molar-refractivity contribution in [2.45, 2.75) is 85.7 Å². The van der Waals surface area contributed by atoms with Crippen molar-refractivity contribution < 1.29 is 24.6 Å². The number of aliphatic hydroxyl groups is 1. The Morgan fingerprint density at radius 3 is 1.13 bits per heavy atom. The van der Waals surface area contributed by atoms with E-state index in [-0.39, 0.29) is 19.5 Å². The van der Waals surface area contributed by atoms with Gasteiger partial charge in [0.2, 0.25) is 0 Å². The van der Waals surface area contributed by atoms with Crippen molar-refractivity contribution in [2.24, 2.45) is 0 Å². The summed E-state index contributed by atoms with van der Waals surface area (Å²) in [7, 11) is 1.00. The average molecular weight is 464 g/mol. The zero-order chi connectivity index (χ0) is 21.8. The van der Waals surface area contributed by atoms with E-state index in [9.17, 15) is 0 Å². The Bertz CT molecular complexity index is 627. The summed E-state index contributed by atoms with van der Waals surface area (Å²) < 4.78 is 0. The molecule has 0 saturated heterocycles. The predicted molar refractivity (Wildman–Crippen MR) is 129 cm³/mol. The van der Waals surface area contributed by atoms with Gasteiger partial charge >= 0.3 is 0 Å². The molecule has 2 atom stereocenters. The van der Waals surface area contributed by atoms with Crippen LogP contribution in [0, 0.1) is 0 Å². The van der Waals surface area contributed by atoms with E-state index in [0.717, 1.165) is 39.2 Å². The number of benzene rings is 2. The van der Waals surface area contributed by atoms with Crippen LogP contribution in [-0.2, 0) is 45.2 Å². The van der Waals surface area contributed by atoms with Gasteiger partial charge in [-0.05, 0) is 68.2 Å². The Morgan fingerprint density at radius 2 is 0.900 bits per heavy atom. The number of hydrogen-bond donors (Lipinski definition) is 3. The molecule has 0 aromatic heterocycles. The summed E-state index contributed by atoms with van der Waals surface area (Å²) in [5, 5.41) is 14.6. The van der Waals surface area contributed by atoms with Gasteiger partial charge in [0.1, 0.15) is 0 Å². The van der Waals surface area contributed by atoms with Gasteiger partial charge in [-0.25, -0.2) is 0 Å². The van der Waals surface area contributed by atoms with Crippen LogP contribution in [0.4, 0.5) is 11.4 Å². The van der Waals surface area contributed by atoms with Gasteiger partial charge in [0, 0.05) is 50.0 Å². The summed E-state index contributed by atoms with van der Waals surface area (Å²) in [5.41, 5.74) is 8.39. The molecule has 0 fully saturated rings.